The third-order valence-corrected chi connectivity index (χ3v) is 5.98. The Hall–Kier alpha value is -2.49. The predicted molar refractivity (Wildman–Crippen MR) is 97.6 cm³/mol. The molecule has 0 unspecified atom stereocenters. The smallest absolute Gasteiger partial charge is 0.258 e. The van der Waals surface area contributed by atoms with Crippen LogP contribution in [0.2, 0.25) is 5.02 Å². The number of carbonyl (C=O) groups is 2. The Morgan fingerprint density at radius 2 is 2.00 bits per heavy atom. The number of halogens is 2. The van der Waals surface area contributed by atoms with Crippen LogP contribution >= 0.6 is 11.6 Å². The predicted octanol–water partition coefficient (Wildman–Crippen LogP) is 1.85. The molecule has 0 atom stereocenters. The van der Waals surface area contributed by atoms with Crippen LogP contribution < -0.4 is 10.6 Å². The standard InChI is InChI=1S/C17H15ClFN3O4S/c18-11-4-5-15(19)14(8-11)17(24)21-12-2-1-3-13(9-12)27(25,26)22-7-6-20-16(23)10-22/h1-5,8-9H,6-7,10H2,(H,20,23)(H,21,24). The molecular weight excluding hydrogens is 397 g/mol. The Morgan fingerprint density at radius 3 is 2.74 bits per heavy atom. The minimum absolute atomic E-state index is 0.0819. The Balaban J connectivity index is 1.84. The van der Waals surface area contributed by atoms with Gasteiger partial charge in [-0.15, -0.1) is 0 Å². The van der Waals surface area contributed by atoms with Gasteiger partial charge in [-0.3, -0.25) is 9.59 Å². The molecule has 2 aromatic carbocycles. The van der Waals surface area contributed by atoms with Crippen LogP contribution in [0.15, 0.2) is 47.4 Å². The molecule has 0 radical (unpaired) electrons. The summed E-state index contributed by atoms with van der Waals surface area (Å²) in [5.41, 5.74) is -0.0922. The fraction of sp³-hybridized carbons (Fsp3) is 0.176. The van der Waals surface area contributed by atoms with Crippen LogP contribution in [0, 0.1) is 5.82 Å². The van der Waals surface area contributed by atoms with Gasteiger partial charge < -0.3 is 10.6 Å². The Kier molecular flexibility index (Phi) is 5.45. The first kappa shape index (κ1) is 19.3. The molecule has 27 heavy (non-hydrogen) atoms. The number of piperazine rings is 1. The number of benzene rings is 2. The van der Waals surface area contributed by atoms with Crippen molar-refractivity contribution in [1.82, 2.24) is 9.62 Å². The lowest BCUT2D eigenvalue weighted by Gasteiger charge is -2.26. The lowest BCUT2D eigenvalue weighted by Crippen LogP contribution is -2.49. The molecule has 3 rings (SSSR count). The van der Waals surface area contributed by atoms with E-state index in [-0.39, 0.29) is 46.7 Å². The molecule has 0 saturated carbocycles. The van der Waals surface area contributed by atoms with Gasteiger partial charge in [-0.1, -0.05) is 17.7 Å². The van der Waals surface area contributed by atoms with Crippen LogP contribution in [0.25, 0.3) is 0 Å². The molecule has 7 nitrogen and oxygen atoms in total. The number of rotatable bonds is 4. The van der Waals surface area contributed by atoms with Gasteiger partial charge in [-0.2, -0.15) is 4.31 Å². The maximum Gasteiger partial charge on any atom is 0.258 e. The van der Waals surface area contributed by atoms with Crippen LogP contribution in [0.4, 0.5) is 10.1 Å². The molecule has 0 aliphatic carbocycles. The van der Waals surface area contributed by atoms with E-state index < -0.39 is 21.7 Å². The molecule has 2 N–H and O–H groups in total. The second kappa shape index (κ2) is 7.63. The highest BCUT2D eigenvalue weighted by Gasteiger charge is 2.29. The van der Waals surface area contributed by atoms with Crippen LogP contribution in [0.5, 0.6) is 0 Å². The van der Waals surface area contributed by atoms with Crippen LogP contribution in [0.1, 0.15) is 10.4 Å². The second-order valence-electron chi connectivity index (χ2n) is 5.79. The quantitative estimate of drug-likeness (QED) is 0.802. The first-order valence-electron chi connectivity index (χ1n) is 7.91. The highest BCUT2D eigenvalue weighted by molar-refractivity contribution is 7.89. The van der Waals surface area contributed by atoms with Gasteiger partial charge in [0, 0.05) is 23.8 Å². The molecule has 142 valence electrons. The molecule has 1 aliphatic heterocycles. The fourth-order valence-corrected chi connectivity index (χ4v) is 4.19. The topological polar surface area (TPSA) is 95.6 Å². The Labute approximate surface area is 160 Å². The zero-order valence-corrected chi connectivity index (χ0v) is 15.5. The van der Waals surface area contributed by atoms with Crippen LogP contribution in [0.3, 0.4) is 0 Å². The zero-order valence-electron chi connectivity index (χ0n) is 13.9. The minimum Gasteiger partial charge on any atom is -0.354 e. The highest BCUT2D eigenvalue weighted by atomic mass is 35.5. The van der Waals surface area contributed by atoms with Gasteiger partial charge in [0.2, 0.25) is 15.9 Å². The van der Waals surface area contributed by atoms with Crippen molar-refractivity contribution in [3.8, 4) is 0 Å². The van der Waals surface area contributed by atoms with Crippen molar-refractivity contribution in [3.05, 3.63) is 58.9 Å². The van der Waals surface area contributed by atoms with E-state index in [2.05, 4.69) is 10.6 Å². The Bertz CT molecular complexity index is 1010. The number of nitrogens with one attached hydrogen (secondary N) is 2. The van der Waals surface area contributed by atoms with Gasteiger partial charge in [-0.05, 0) is 36.4 Å². The number of sulfonamides is 1. The summed E-state index contributed by atoms with van der Waals surface area (Å²) in [6.45, 7) is 0.105. The van der Waals surface area contributed by atoms with E-state index in [9.17, 15) is 22.4 Å². The van der Waals surface area contributed by atoms with Gasteiger partial charge in [-0.25, -0.2) is 12.8 Å². The number of hydrogen-bond acceptors (Lipinski definition) is 4. The molecule has 0 bridgehead atoms. The first-order chi connectivity index (χ1) is 12.8. The van der Waals surface area contributed by atoms with E-state index >= 15 is 0 Å². The normalized spacial score (nSPS) is 15.3. The molecule has 1 aliphatic rings. The molecule has 1 heterocycles. The molecule has 0 spiro atoms. The molecule has 10 heteroatoms. The number of hydrogen-bond donors (Lipinski definition) is 2. The van der Waals surface area contributed by atoms with E-state index in [1.165, 1.54) is 36.4 Å². The summed E-state index contributed by atoms with van der Waals surface area (Å²) >= 11 is 5.78. The SMILES string of the molecule is O=C1CN(S(=O)(=O)c2cccc(NC(=O)c3cc(Cl)ccc3F)c2)CCN1. The maximum atomic E-state index is 13.8. The fourth-order valence-electron chi connectivity index (χ4n) is 2.57. The van der Waals surface area contributed by atoms with E-state index in [0.717, 1.165) is 10.4 Å². The molecule has 2 aromatic rings. The monoisotopic (exact) mass is 411 g/mol. The molecule has 2 amide bonds. The van der Waals surface area contributed by atoms with Crippen LogP contribution in [-0.2, 0) is 14.8 Å². The lowest BCUT2D eigenvalue weighted by molar-refractivity contribution is -0.122. The maximum absolute atomic E-state index is 13.8. The second-order valence-corrected chi connectivity index (χ2v) is 8.17. The van der Waals surface area contributed by atoms with Crippen molar-refractivity contribution in [2.45, 2.75) is 4.90 Å². The van der Waals surface area contributed by atoms with Gasteiger partial charge in [0.1, 0.15) is 5.82 Å². The minimum atomic E-state index is -3.91. The largest absolute Gasteiger partial charge is 0.354 e. The summed E-state index contributed by atoms with van der Waals surface area (Å²) in [6.07, 6.45) is 0. The average Bonchev–Trinajstić information content (AvgIpc) is 2.64. The van der Waals surface area contributed by atoms with Crippen LogP contribution in [-0.4, -0.2) is 44.2 Å². The summed E-state index contributed by atoms with van der Waals surface area (Å²) in [7, 11) is -3.91. The molecule has 0 aromatic heterocycles. The van der Waals surface area contributed by atoms with Crippen molar-refractivity contribution in [2.24, 2.45) is 0 Å². The molecular formula is C17H15ClFN3O4S. The van der Waals surface area contributed by atoms with E-state index in [1.54, 1.807) is 0 Å². The van der Waals surface area contributed by atoms with Gasteiger partial charge in [0.25, 0.3) is 5.91 Å². The summed E-state index contributed by atoms with van der Waals surface area (Å²) in [5.74, 6) is -1.90. The summed E-state index contributed by atoms with van der Waals surface area (Å²) < 4.78 is 40.3. The number of nitrogens with zero attached hydrogens (tertiary/aromatic N) is 1. The van der Waals surface area contributed by atoms with Crippen molar-refractivity contribution in [3.63, 3.8) is 0 Å². The van der Waals surface area contributed by atoms with Crippen molar-refractivity contribution < 1.29 is 22.4 Å². The zero-order chi connectivity index (χ0) is 19.6. The van der Waals surface area contributed by atoms with Crippen molar-refractivity contribution in [2.75, 3.05) is 25.0 Å². The average molecular weight is 412 g/mol. The molecule has 1 fully saturated rings. The van der Waals surface area contributed by atoms with E-state index in [4.69, 9.17) is 11.6 Å². The van der Waals surface area contributed by atoms with Gasteiger partial charge >= 0.3 is 0 Å². The third-order valence-electron chi connectivity index (χ3n) is 3.91. The van der Waals surface area contributed by atoms with E-state index in [0.29, 0.717) is 0 Å². The summed E-state index contributed by atoms with van der Waals surface area (Å²) in [4.78, 5) is 23.6. The number of amides is 2. The third kappa shape index (κ3) is 4.26. The summed E-state index contributed by atoms with van der Waals surface area (Å²) in [5, 5.41) is 5.20. The van der Waals surface area contributed by atoms with Gasteiger partial charge in [0.05, 0.1) is 17.0 Å². The summed E-state index contributed by atoms with van der Waals surface area (Å²) in [6, 6.07) is 9.09. The van der Waals surface area contributed by atoms with E-state index in [1.807, 2.05) is 0 Å². The van der Waals surface area contributed by atoms with Crippen molar-refractivity contribution >= 4 is 39.1 Å². The highest BCUT2D eigenvalue weighted by Crippen LogP contribution is 2.22. The van der Waals surface area contributed by atoms with Gasteiger partial charge in [0.15, 0.2) is 0 Å². The number of anilines is 1. The first-order valence-corrected chi connectivity index (χ1v) is 9.72. The number of carbonyl (C=O) groups excluding carboxylic acids is 2. The Morgan fingerprint density at radius 1 is 1.22 bits per heavy atom. The molecule has 1 saturated heterocycles. The van der Waals surface area contributed by atoms with Crippen molar-refractivity contribution in [1.29, 1.82) is 0 Å². The lowest BCUT2D eigenvalue weighted by atomic mass is 10.2.